The Morgan fingerprint density at radius 1 is 1.17 bits per heavy atom. The molecule has 1 fully saturated rings. The van der Waals surface area contributed by atoms with Gasteiger partial charge in [0.1, 0.15) is 5.82 Å². The number of aromatic nitrogens is 2. The highest BCUT2D eigenvalue weighted by molar-refractivity contribution is 7.89. The third-order valence-electron chi connectivity index (χ3n) is 3.89. The molecule has 1 aromatic heterocycles. The molecule has 4 rings (SSSR count). The van der Waals surface area contributed by atoms with Crippen molar-refractivity contribution in [1.29, 1.82) is 0 Å². The molecule has 0 radical (unpaired) electrons. The highest BCUT2D eigenvalue weighted by Crippen LogP contribution is 2.37. The second-order valence-electron chi connectivity index (χ2n) is 5.71. The molecule has 2 heterocycles. The van der Waals surface area contributed by atoms with Crippen molar-refractivity contribution in [1.82, 2.24) is 19.8 Å². The molecule has 1 aliphatic heterocycles. The Bertz CT molecular complexity index is 876. The number of fused-ring (bicyclic) bond motifs is 1. The number of hydrogen-bond donors (Lipinski definition) is 1. The van der Waals surface area contributed by atoms with E-state index in [0.717, 1.165) is 23.7 Å². The van der Waals surface area contributed by atoms with Gasteiger partial charge < -0.3 is 0 Å². The molecule has 2 aliphatic rings. The van der Waals surface area contributed by atoms with Crippen LogP contribution in [0.25, 0.3) is 0 Å². The average molecular weight is 330 g/mol. The molecule has 0 saturated heterocycles. The molecular weight excluding hydrogens is 316 g/mol. The fourth-order valence-electron chi connectivity index (χ4n) is 2.54. The fourth-order valence-corrected chi connectivity index (χ4v) is 3.78. The van der Waals surface area contributed by atoms with Gasteiger partial charge in [-0.3, -0.25) is 9.80 Å². The summed E-state index contributed by atoms with van der Waals surface area (Å²) in [5, 5.41) is 1.08. The van der Waals surface area contributed by atoms with Crippen molar-refractivity contribution in [2.75, 3.05) is 0 Å². The predicted molar refractivity (Wildman–Crippen MR) is 80.6 cm³/mol. The fraction of sp³-hybridized carbons (Fsp3) is 0.267. The Morgan fingerprint density at radius 3 is 2.57 bits per heavy atom. The van der Waals surface area contributed by atoms with Crippen LogP contribution in [0.5, 0.6) is 0 Å². The van der Waals surface area contributed by atoms with Crippen LogP contribution in [0.3, 0.4) is 0 Å². The SMILES string of the molecule is O=C1c2ccccc2S(=O)(=O)NN1Cc1cnc(C2CC2)nc1. The first-order valence-corrected chi connectivity index (χ1v) is 8.77. The Balaban J connectivity index is 1.61. The molecule has 1 saturated carbocycles. The summed E-state index contributed by atoms with van der Waals surface area (Å²) in [5.74, 6) is 0.873. The first kappa shape index (κ1) is 14.3. The molecule has 1 N–H and O–H groups in total. The summed E-state index contributed by atoms with van der Waals surface area (Å²) in [5.41, 5.74) is 0.839. The highest BCUT2D eigenvalue weighted by atomic mass is 32.2. The van der Waals surface area contributed by atoms with Crippen LogP contribution in [-0.4, -0.2) is 29.3 Å². The van der Waals surface area contributed by atoms with Crippen LogP contribution in [-0.2, 0) is 16.6 Å². The van der Waals surface area contributed by atoms with Crippen LogP contribution >= 0.6 is 0 Å². The molecule has 7 nitrogen and oxygen atoms in total. The van der Waals surface area contributed by atoms with Crippen LogP contribution in [0.4, 0.5) is 0 Å². The van der Waals surface area contributed by atoms with Gasteiger partial charge in [-0.15, -0.1) is 4.83 Å². The number of hydrogen-bond acceptors (Lipinski definition) is 5. The van der Waals surface area contributed by atoms with Crippen LogP contribution in [0.15, 0.2) is 41.6 Å². The van der Waals surface area contributed by atoms with E-state index in [0.29, 0.717) is 11.5 Å². The summed E-state index contributed by atoms with van der Waals surface area (Å²) < 4.78 is 24.5. The van der Waals surface area contributed by atoms with Gasteiger partial charge >= 0.3 is 0 Å². The number of sulfonamides is 1. The maximum atomic E-state index is 12.5. The van der Waals surface area contributed by atoms with Gasteiger partial charge in [0.25, 0.3) is 15.9 Å². The smallest absolute Gasteiger partial charge is 0.268 e. The lowest BCUT2D eigenvalue weighted by atomic mass is 10.2. The van der Waals surface area contributed by atoms with Gasteiger partial charge in [-0.25, -0.2) is 18.4 Å². The van der Waals surface area contributed by atoms with E-state index in [4.69, 9.17) is 0 Å². The zero-order valence-electron chi connectivity index (χ0n) is 12.1. The molecule has 23 heavy (non-hydrogen) atoms. The van der Waals surface area contributed by atoms with Crippen LogP contribution in [0.1, 0.15) is 40.5 Å². The second-order valence-corrected chi connectivity index (χ2v) is 7.34. The minimum Gasteiger partial charge on any atom is -0.268 e. The second kappa shape index (κ2) is 5.10. The molecule has 0 spiro atoms. The monoisotopic (exact) mass is 330 g/mol. The van der Waals surface area contributed by atoms with E-state index in [1.165, 1.54) is 12.1 Å². The summed E-state index contributed by atoms with van der Waals surface area (Å²) in [6, 6.07) is 6.16. The first-order chi connectivity index (χ1) is 11.0. The lowest BCUT2D eigenvalue weighted by Gasteiger charge is -2.28. The van der Waals surface area contributed by atoms with Crippen molar-refractivity contribution in [3.63, 3.8) is 0 Å². The lowest BCUT2D eigenvalue weighted by Crippen LogP contribution is -2.49. The molecule has 1 aromatic carbocycles. The molecule has 0 bridgehead atoms. The third-order valence-corrected chi connectivity index (χ3v) is 5.29. The van der Waals surface area contributed by atoms with Crippen LogP contribution in [0.2, 0.25) is 0 Å². The topological polar surface area (TPSA) is 92.3 Å². The van der Waals surface area contributed by atoms with Gasteiger partial charge in [0.2, 0.25) is 0 Å². The summed E-state index contributed by atoms with van der Waals surface area (Å²) in [7, 11) is -3.74. The van der Waals surface area contributed by atoms with Crippen molar-refractivity contribution in [3.8, 4) is 0 Å². The lowest BCUT2D eigenvalue weighted by molar-refractivity contribution is 0.0687. The molecule has 8 heteroatoms. The normalized spacial score (nSPS) is 19.5. The Kier molecular flexibility index (Phi) is 3.17. The zero-order chi connectivity index (χ0) is 16.0. The number of rotatable bonds is 3. The number of hydrazine groups is 1. The van der Waals surface area contributed by atoms with E-state index in [1.807, 2.05) is 0 Å². The quantitative estimate of drug-likeness (QED) is 0.913. The van der Waals surface area contributed by atoms with E-state index in [2.05, 4.69) is 14.8 Å². The van der Waals surface area contributed by atoms with Gasteiger partial charge in [0.05, 0.1) is 17.0 Å². The van der Waals surface area contributed by atoms with E-state index in [9.17, 15) is 13.2 Å². The summed E-state index contributed by atoms with van der Waals surface area (Å²) in [6.45, 7) is 0.0807. The van der Waals surface area contributed by atoms with Gasteiger partial charge in [-0.2, -0.15) is 0 Å². The minimum atomic E-state index is -3.74. The molecular formula is C15H14N4O3S. The van der Waals surface area contributed by atoms with E-state index >= 15 is 0 Å². The van der Waals surface area contributed by atoms with Crippen molar-refractivity contribution in [2.45, 2.75) is 30.2 Å². The number of carbonyl (C=O) groups is 1. The van der Waals surface area contributed by atoms with Crippen molar-refractivity contribution in [3.05, 3.63) is 53.6 Å². The number of nitrogens with zero attached hydrogens (tertiary/aromatic N) is 3. The number of nitrogens with one attached hydrogen (secondary N) is 1. The van der Waals surface area contributed by atoms with Gasteiger partial charge in [0.15, 0.2) is 0 Å². The Labute approximate surface area is 133 Å². The zero-order valence-corrected chi connectivity index (χ0v) is 13.0. The largest absolute Gasteiger partial charge is 0.270 e. The minimum absolute atomic E-state index is 0.00146. The summed E-state index contributed by atoms with van der Waals surface area (Å²) in [6.07, 6.45) is 5.51. The molecule has 118 valence electrons. The van der Waals surface area contributed by atoms with E-state index in [1.54, 1.807) is 24.5 Å². The Morgan fingerprint density at radius 2 is 1.87 bits per heavy atom. The molecule has 1 aliphatic carbocycles. The highest BCUT2D eigenvalue weighted by Gasteiger charge is 2.34. The van der Waals surface area contributed by atoms with Gasteiger partial charge in [-0.1, -0.05) is 12.1 Å². The standard InChI is InChI=1S/C15H14N4O3S/c20-15-12-3-1-2-4-13(12)23(21,22)18-19(15)9-10-7-16-14(17-8-10)11-5-6-11/h1-4,7-8,11,18H,5-6,9H2. The number of carbonyl (C=O) groups excluding carboxylic acids is 1. The summed E-state index contributed by atoms with van der Waals surface area (Å²) in [4.78, 5) is 23.3. The van der Waals surface area contributed by atoms with E-state index < -0.39 is 10.0 Å². The molecule has 0 unspecified atom stereocenters. The van der Waals surface area contributed by atoms with Crippen LogP contribution in [0, 0.1) is 0 Å². The Hall–Kier alpha value is -2.32. The predicted octanol–water partition coefficient (Wildman–Crippen LogP) is 1.20. The maximum Gasteiger partial charge on any atom is 0.270 e. The van der Waals surface area contributed by atoms with Crippen LogP contribution < -0.4 is 4.83 Å². The van der Waals surface area contributed by atoms with Crippen molar-refractivity contribution < 1.29 is 13.2 Å². The molecule has 1 amide bonds. The third kappa shape index (κ3) is 2.60. The molecule has 0 atom stereocenters. The van der Waals surface area contributed by atoms with Gasteiger partial charge in [0, 0.05) is 23.9 Å². The maximum absolute atomic E-state index is 12.5. The molecule has 2 aromatic rings. The first-order valence-electron chi connectivity index (χ1n) is 7.29. The van der Waals surface area contributed by atoms with Gasteiger partial charge in [-0.05, 0) is 25.0 Å². The summed E-state index contributed by atoms with van der Waals surface area (Å²) >= 11 is 0. The van der Waals surface area contributed by atoms with Crippen molar-refractivity contribution in [2.24, 2.45) is 0 Å². The van der Waals surface area contributed by atoms with E-state index in [-0.39, 0.29) is 22.9 Å². The number of amides is 1. The average Bonchev–Trinajstić information content (AvgIpc) is 3.38. The number of benzene rings is 1. The van der Waals surface area contributed by atoms with Crippen molar-refractivity contribution >= 4 is 15.9 Å².